The largest absolute Gasteiger partial charge is 0.478 e. The molecule has 0 spiro atoms. The second-order valence-corrected chi connectivity index (χ2v) is 5.35. The second kappa shape index (κ2) is 5.17. The summed E-state index contributed by atoms with van der Waals surface area (Å²) in [6, 6.07) is 4.51. The van der Waals surface area contributed by atoms with Gasteiger partial charge in [0.15, 0.2) is 0 Å². The number of rotatable bonds is 3. The lowest BCUT2D eigenvalue weighted by Crippen LogP contribution is -2.34. The smallest absolute Gasteiger partial charge is 0.337 e. The van der Waals surface area contributed by atoms with Crippen LogP contribution >= 0.6 is 0 Å². The average Bonchev–Trinajstić information content (AvgIpc) is 2.70. The van der Waals surface area contributed by atoms with Crippen molar-refractivity contribution in [1.82, 2.24) is 4.90 Å². The number of hydrogen-bond donors (Lipinski definition) is 1. The van der Waals surface area contributed by atoms with Crippen LogP contribution in [0.15, 0.2) is 18.2 Å². The van der Waals surface area contributed by atoms with E-state index in [2.05, 4.69) is 11.8 Å². The van der Waals surface area contributed by atoms with Gasteiger partial charge in [0.05, 0.1) is 11.3 Å². The first-order chi connectivity index (χ1) is 8.91. The quantitative estimate of drug-likeness (QED) is 0.907. The molecule has 1 aromatic carbocycles. The van der Waals surface area contributed by atoms with Crippen molar-refractivity contribution in [2.75, 3.05) is 32.1 Å². The van der Waals surface area contributed by atoms with Gasteiger partial charge in [-0.05, 0) is 32.1 Å². The lowest BCUT2D eigenvalue weighted by molar-refractivity contribution is 0.0697. The van der Waals surface area contributed by atoms with Gasteiger partial charge >= 0.3 is 5.97 Å². The first-order valence-electron chi connectivity index (χ1n) is 6.35. The van der Waals surface area contributed by atoms with E-state index in [1.165, 1.54) is 18.2 Å². The zero-order valence-corrected chi connectivity index (χ0v) is 11.4. The molecule has 4 nitrogen and oxygen atoms in total. The number of halogens is 1. The number of likely N-dealkylation sites (N-methyl/N-ethyl adjacent to an activating group) is 1. The minimum atomic E-state index is -1.09. The molecular weight excluding hydrogens is 247 g/mol. The summed E-state index contributed by atoms with van der Waals surface area (Å²) in [5.74, 6) is -1.18. The molecule has 0 radical (unpaired) electrons. The van der Waals surface area contributed by atoms with Crippen molar-refractivity contribution < 1.29 is 14.3 Å². The number of aromatic carboxylic acids is 1. The summed E-state index contributed by atoms with van der Waals surface area (Å²) in [6.45, 7) is 3.42. The molecule has 2 rings (SSSR count). The Bertz CT molecular complexity index is 490. The highest BCUT2D eigenvalue weighted by atomic mass is 19.1. The first kappa shape index (κ1) is 13.8. The van der Waals surface area contributed by atoms with E-state index < -0.39 is 11.8 Å². The number of hydrogen-bond acceptors (Lipinski definition) is 3. The van der Waals surface area contributed by atoms with Crippen LogP contribution < -0.4 is 4.90 Å². The molecule has 1 fully saturated rings. The third-order valence-electron chi connectivity index (χ3n) is 3.77. The van der Waals surface area contributed by atoms with Crippen LogP contribution in [0.2, 0.25) is 0 Å². The highest BCUT2D eigenvalue weighted by molar-refractivity contribution is 5.94. The summed E-state index contributed by atoms with van der Waals surface area (Å²) in [4.78, 5) is 15.2. The Morgan fingerprint density at radius 2 is 2.11 bits per heavy atom. The number of carbonyl (C=O) groups is 1. The Balaban J connectivity index is 2.36. The zero-order chi connectivity index (χ0) is 14.2. The fourth-order valence-electron chi connectivity index (χ4n) is 2.81. The van der Waals surface area contributed by atoms with E-state index >= 15 is 0 Å². The molecule has 1 saturated heterocycles. The molecule has 1 aliphatic rings. The minimum absolute atomic E-state index is 0.0339. The normalized spacial score (nSPS) is 23.1. The summed E-state index contributed by atoms with van der Waals surface area (Å²) < 4.78 is 14.0. The van der Waals surface area contributed by atoms with E-state index in [1.54, 1.807) is 0 Å². The fourth-order valence-corrected chi connectivity index (χ4v) is 2.81. The highest BCUT2D eigenvalue weighted by Gasteiger charge is 2.34. The topological polar surface area (TPSA) is 43.8 Å². The number of carboxylic acid groups (broad SMARTS) is 1. The Hall–Kier alpha value is -1.62. The van der Waals surface area contributed by atoms with Gasteiger partial charge in [0, 0.05) is 19.1 Å². The minimum Gasteiger partial charge on any atom is -0.478 e. The van der Waals surface area contributed by atoms with E-state index in [0.29, 0.717) is 25.0 Å². The molecule has 0 aliphatic carbocycles. The SMILES string of the molecule is CC1CN(c2c(F)cccc2C(=O)O)CC1N(C)C. The van der Waals surface area contributed by atoms with Crippen molar-refractivity contribution in [3.05, 3.63) is 29.6 Å². The van der Waals surface area contributed by atoms with Crippen LogP contribution in [-0.4, -0.2) is 49.2 Å². The van der Waals surface area contributed by atoms with Gasteiger partial charge in [0.1, 0.15) is 5.82 Å². The van der Waals surface area contributed by atoms with Crippen LogP contribution in [0.1, 0.15) is 17.3 Å². The molecule has 1 N–H and O–H groups in total. The molecule has 1 aromatic rings. The monoisotopic (exact) mass is 266 g/mol. The second-order valence-electron chi connectivity index (χ2n) is 5.35. The van der Waals surface area contributed by atoms with Crippen LogP contribution in [0.3, 0.4) is 0 Å². The lowest BCUT2D eigenvalue weighted by atomic mass is 10.1. The van der Waals surface area contributed by atoms with Crippen LogP contribution in [-0.2, 0) is 0 Å². The van der Waals surface area contributed by atoms with Crippen LogP contribution in [0, 0.1) is 11.7 Å². The van der Waals surface area contributed by atoms with E-state index in [9.17, 15) is 14.3 Å². The Kier molecular flexibility index (Phi) is 3.75. The average molecular weight is 266 g/mol. The van der Waals surface area contributed by atoms with Gasteiger partial charge in [0.2, 0.25) is 0 Å². The standard InChI is InChI=1S/C14H19FN2O2/c1-9-7-17(8-12(9)16(2)3)13-10(14(18)19)5-4-6-11(13)15/h4-6,9,12H,7-8H2,1-3H3,(H,18,19). The highest BCUT2D eigenvalue weighted by Crippen LogP contribution is 2.31. The predicted molar refractivity (Wildman–Crippen MR) is 72.2 cm³/mol. The molecule has 1 aliphatic heterocycles. The summed E-state index contributed by atoms with van der Waals surface area (Å²) in [7, 11) is 3.98. The number of anilines is 1. The predicted octanol–water partition coefficient (Wildman–Crippen LogP) is 1.91. The van der Waals surface area contributed by atoms with Crippen LogP contribution in [0.5, 0.6) is 0 Å². The Morgan fingerprint density at radius 3 is 2.63 bits per heavy atom. The van der Waals surface area contributed by atoms with Gasteiger partial charge < -0.3 is 14.9 Å². The van der Waals surface area contributed by atoms with Gasteiger partial charge in [-0.2, -0.15) is 0 Å². The van der Waals surface area contributed by atoms with E-state index in [1.807, 2.05) is 19.0 Å². The Morgan fingerprint density at radius 1 is 1.42 bits per heavy atom. The van der Waals surface area contributed by atoms with Crippen molar-refractivity contribution in [3.8, 4) is 0 Å². The van der Waals surface area contributed by atoms with Crippen molar-refractivity contribution in [3.63, 3.8) is 0 Å². The molecule has 1 heterocycles. The Labute approximate surface area is 112 Å². The third-order valence-corrected chi connectivity index (χ3v) is 3.77. The maximum absolute atomic E-state index is 14.0. The molecule has 19 heavy (non-hydrogen) atoms. The van der Waals surface area contributed by atoms with Crippen LogP contribution in [0.25, 0.3) is 0 Å². The maximum Gasteiger partial charge on any atom is 0.337 e. The number of carboxylic acids is 1. The molecular formula is C14H19FN2O2. The molecule has 0 amide bonds. The fraction of sp³-hybridized carbons (Fsp3) is 0.500. The van der Waals surface area contributed by atoms with Crippen molar-refractivity contribution >= 4 is 11.7 Å². The molecule has 0 bridgehead atoms. The summed E-state index contributed by atoms with van der Waals surface area (Å²) in [5, 5.41) is 9.19. The van der Waals surface area contributed by atoms with Crippen LogP contribution in [0.4, 0.5) is 10.1 Å². The summed E-state index contributed by atoms with van der Waals surface area (Å²) in [5.41, 5.74) is 0.248. The van der Waals surface area contributed by atoms with E-state index in [-0.39, 0.29) is 11.3 Å². The van der Waals surface area contributed by atoms with Crippen molar-refractivity contribution in [2.24, 2.45) is 5.92 Å². The van der Waals surface area contributed by atoms with Gasteiger partial charge in [-0.15, -0.1) is 0 Å². The zero-order valence-electron chi connectivity index (χ0n) is 11.4. The molecule has 2 atom stereocenters. The third kappa shape index (κ3) is 2.56. The number of nitrogens with zero attached hydrogens (tertiary/aromatic N) is 2. The summed E-state index contributed by atoms with van der Waals surface area (Å²) in [6.07, 6.45) is 0. The van der Waals surface area contributed by atoms with Gasteiger partial charge in [0.25, 0.3) is 0 Å². The molecule has 5 heteroatoms. The lowest BCUT2D eigenvalue weighted by Gasteiger charge is -2.24. The number of para-hydroxylation sites is 1. The van der Waals surface area contributed by atoms with E-state index in [4.69, 9.17) is 0 Å². The summed E-state index contributed by atoms with van der Waals surface area (Å²) >= 11 is 0. The van der Waals surface area contributed by atoms with E-state index in [0.717, 1.165) is 0 Å². The van der Waals surface area contributed by atoms with Gasteiger partial charge in [-0.25, -0.2) is 9.18 Å². The molecule has 0 saturated carbocycles. The van der Waals surface area contributed by atoms with Crippen molar-refractivity contribution in [2.45, 2.75) is 13.0 Å². The number of benzene rings is 1. The maximum atomic E-state index is 14.0. The van der Waals surface area contributed by atoms with Gasteiger partial charge in [-0.1, -0.05) is 13.0 Å². The molecule has 104 valence electrons. The molecule has 0 aromatic heterocycles. The first-order valence-corrected chi connectivity index (χ1v) is 6.35. The van der Waals surface area contributed by atoms with Gasteiger partial charge in [-0.3, -0.25) is 0 Å². The van der Waals surface area contributed by atoms with Crippen molar-refractivity contribution in [1.29, 1.82) is 0 Å². The molecule has 2 unspecified atom stereocenters.